The predicted molar refractivity (Wildman–Crippen MR) is 62.3 cm³/mol. The van der Waals surface area contributed by atoms with Crippen LogP contribution in [0.4, 0.5) is 14.5 Å². The number of carbonyl (C=O) groups excluding carboxylic acids is 1. The van der Waals surface area contributed by atoms with Crippen LogP contribution in [-0.2, 0) is 4.79 Å². The van der Waals surface area contributed by atoms with Gasteiger partial charge in [-0.25, -0.2) is 0 Å². The van der Waals surface area contributed by atoms with E-state index in [2.05, 4.69) is 25.4 Å². The van der Waals surface area contributed by atoms with E-state index >= 15 is 0 Å². The third-order valence-electron chi connectivity index (χ3n) is 2.84. The molecule has 0 N–H and O–H groups in total. The number of ether oxygens (including phenoxy) is 2. The summed E-state index contributed by atoms with van der Waals surface area (Å²) in [7, 11) is 0. The summed E-state index contributed by atoms with van der Waals surface area (Å²) < 4.78 is 34.3. The number of rotatable bonds is 1. The van der Waals surface area contributed by atoms with E-state index in [1.54, 1.807) is 6.07 Å². The van der Waals surface area contributed by atoms with E-state index in [0.717, 1.165) is 0 Å². The van der Waals surface area contributed by atoms with Gasteiger partial charge in [-0.2, -0.15) is 0 Å². The molecule has 1 fully saturated rings. The quantitative estimate of drug-likeness (QED) is 0.747. The molecule has 0 bridgehead atoms. The molecule has 0 aliphatic carbocycles. The number of carbonyl (C=O) groups is 1. The van der Waals surface area contributed by atoms with Crippen molar-refractivity contribution in [2.24, 2.45) is 0 Å². The highest BCUT2D eigenvalue weighted by Gasteiger charge is 2.44. The van der Waals surface area contributed by atoms with Crippen molar-refractivity contribution in [3.8, 4) is 11.5 Å². The Bertz CT molecular complexity index is 523. The maximum absolute atomic E-state index is 12.9. The number of anilines is 1. The second-order valence-corrected chi connectivity index (χ2v) is 5.15. The third-order valence-corrected chi connectivity index (χ3v) is 3.69. The van der Waals surface area contributed by atoms with Gasteiger partial charge in [-0.05, 0) is 18.6 Å². The summed E-state index contributed by atoms with van der Waals surface area (Å²) in [5.74, 6) is -0.158. The van der Waals surface area contributed by atoms with E-state index in [1.807, 2.05) is 0 Å². The molecule has 2 aliphatic rings. The number of benzene rings is 1. The summed E-state index contributed by atoms with van der Waals surface area (Å²) in [6.45, 7) is 0.546. The fraction of sp³-hybridized carbons (Fsp3) is 0.364. The molecule has 0 radical (unpaired) electrons. The number of nitrogens with zero attached hydrogens (tertiary/aromatic N) is 1. The fourth-order valence-electron chi connectivity index (χ4n) is 2.01. The molecule has 1 saturated heterocycles. The molecule has 0 aromatic heterocycles. The van der Waals surface area contributed by atoms with Gasteiger partial charge in [0.1, 0.15) is 0 Å². The lowest BCUT2D eigenvalue weighted by molar-refractivity contribution is -0.286. The summed E-state index contributed by atoms with van der Waals surface area (Å²) in [6.07, 6.45) is -2.95. The highest BCUT2D eigenvalue weighted by atomic mass is 79.9. The maximum atomic E-state index is 12.9. The molecular weight excluding hydrogens is 312 g/mol. The number of fused-ring (bicyclic) bond motifs is 1. The van der Waals surface area contributed by atoms with Gasteiger partial charge in [-0.1, -0.05) is 15.9 Å². The van der Waals surface area contributed by atoms with Crippen molar-refractivity contribution in [2.75, 3.05) is 11.4 Å². The Balaban J connectivity index is 1.91. The van der Waals surface area contributed by atoms with E-state index in [-0.39, 0.29) is 22.2 Å². The largest absolute Gasteiger partial charge is 0.586 e. The van der Waals surface area contributed by atoms with Crippen molar-refractivity contribution >= 4 is 27.5 Å². The van der Waals surface area contributed by atoms with Crippen LogP contribution in [0.5, 0.6) is 11.5 Å². The van der Waals surface area contributed by atoms with Gasteiger partial charge >= 0.3 is 6.29 Å². The lowest BCUT2D eigenvalue weighted by Gasteiger charge is -2.16. The number of halogens is 3. The van der Waals surface area contributed by atoms with Crippen molar-refractivity contribution in [2.45, 2.75) is 17.5 Å². The van der Waals surface area contributed by atoms with Gasteiger partial charge in [-0.15, -0.1) is 8.78 Å². The minimum atomic E-state index is -3.63. The van der Waals surface area contributed by atoms with Crippen LogP contribution in [0.2, 0.25) is 0 Å². The zero-order chi connectivity index (χ0) is 12.9. The lowest BCUT2D eigenvalue weighted by Crippen LogP contribution is -2.27. The van der Waals surface area contributed by atoms with E-state index in [4.69, 9.17) is 0 Å². The Hall–Kier alpha value is -1.37. The average Bonchev–Trinajstić information content (AvgIpc) is 2.77. The zero-order valence-corrected chi connectivity index (χ0v) is 10.6. The van der Waals surface area contributed by atoms with Crippen molar-refractivity contribution in [3.05, 3.63) is 18.2 Å². The highest BCUT2D eigenvalue weighted by Crippen LogP contribution is 2.43. The van der Waals surface area contributed by atoms with E-state index in [1.165, 1.54) is 17.0 Å². The van der Waals surface area contributed by atoms with Gasteiger partial charge < -0.3 is 14.4 Å². The van der Waals surface area contributed by atoms with Gasteiger partial charge in [0.05, 0.1) is 4.83 Å². The van der Waals surface area contributed by atoms with Crippen LogP contribution in [-0.4, -0.2) is 23.6 Å². The fourth-order valence-corrected chi connectivity index (χ4v) is 2.46. The first-order valence-electron chi connectivity index (χ1n) is 5.32. The van der Waals surface area contributed by atoms with Crippen LogP contribution in [0.25, 0.3) is 0 Å². The molecule has 96 valence electrons. The molecular formula is C11H8BrF2NO3. The summed E-state index contributed by atoms with van der Waals surface area (Å²) in [5, 5.41) is 0. The van der Waals surface area contributed by atoms with Crippen LogP contribution >= 0.6 is 15.9 Å². The monoisotopic (exact) mass is 319 g/mol. The Kier molecular flexibility index (Phi) is 2.48. The van der Waals surface area contributed by atoms with Gasteiger partial charge in [0.25, 0.3) is 0 Å². The van der Waals surface area contributed by atoms with Crippen LogP contribution in [0.1, 0.15) is 6.42 Å². The molecule has 1 amide bonds. The van der Waals surface area contributed by atoms with Crippen LogP contribution in [0.3, 0.4) is 0 Å². The molecule has 1 atom stereocenters. The Labute approximate surface area is 110 Å². The van der Waals surface area contributed by atoms with Crippen molar-refractivity contribution in [1.82, 2.24) is 0 Å². The zero-order valence-electron chi connectivity index (χ0n) is 9.03. The predicted octanol–water partition coefficient (Wildman–Crippen LogP) is 2.51. The van der Waals surface area contributed by atoms with Gasteiger partial charge in [0, 0.05) is 18.3 Å². The Morgan fingerprint density at radius 3 is 2.72 bits per heavy atom. The summed E-state index contributed by atoms with van der Waals surface area (Å²) in [6, 6.07) is 4.33. The first kappa shape index (κ1) is 11.7. The first-order valence-corrected chi connectivity index (χ1v) is 6.23. The third kappa shape index (κ3) is 1.82. The second-order valence-electron chi connectivity index (χ2n) is 4.04. The van der Waals surface area contributed by atoms with E-state index in [9.17, 15) is 13.6 Å². The molecule has 2 heterocycles. The van der Waals surface area contributed by atoms with Crippen LogP contribution < -0.4 is 14.4 Å². The summed E-state index contributed by atoms with van der Waals surface area (Å²) >= 11 is 3.25. The summed E-state index contributed by atoms with van der Waals surface area (Å²) in [5.41, 5.74) is 0.530. The van der Waals surface area contributed by atoms with Gasteiger partial charge in [0.2, 0.25) is 5.91 Å². The SMILES string of the molecule is O=C1C(Br)CCN1c1ccc2c(c1)OC(F)(F)O2. The van der Waals surface area contributed by atoms with E-state index in [0.29, 0.717) is 18.7 Å². The number of alkyl halides is 3. The Morgan fingerprint density at radius 2 is 2.06 bits per heavy atom. The van der Waals surface area contributed by atoms with Crippen molar-refractivity contribution < 1.29 is 23.0 Å². The minimum absolute atomic E-state index is 0.0224. The van der Waals surface area contributed by atoms with Crippen molar-refractivity contribution in [3.63, 3.8) is 0 Å². The summed E-state index contributed by atoms with van der Waals surface area (Å²) in [4.78, 5) is 13.1. The topological polar surface area (TPSA) is 38.8 Å². The lowest BCUT2D eigenvalue weighted by atomic mass is 10.2. The molecule has 18 heavy (non-hydrogen) atoms. The smallest absolute Gasteiger partial charge is 0.395 e. The van der Waals surface area contributed by atoms with Crippen LogP contribution in [0, 0.1) is 0 Å². The molecule has 2 aliphatic heterocycles. The van der Waals surface area contributed by atoms with Crippen LogP contribution in [0.15, 0.2) is 18.2 Å². The molecule has 1 aromatic rings. The van der Waals surface area contributed by atoms with E-state index < -0.39 is 6.29 Å². The maximum Gasteiger partial charge on any atom is 0.586 e. The minimum Gasteiger partial charge on any atom is -0.395 e. The molecule has 0 saturated carbocycles. The highest BCUT2D eigenvalue weighted by molar-refractivity contribution is 9.10. The first-order chi connectivity index (χ1) is 8.46. The normalized spacial score (nSPS) is 24.7. The number of amides is 1. The van der Waals surface area contributed by atoms with Gasteiger partial charge in [-0.3, -0.25) is 4.79 Å². The van der Waals surface area contributed by atoms with Crippen molar-refractivity contribution in [1.29, 1.82) is 0 Å². The Morgan fingerprint density at radius 1 is 1.33 bits per heavy atom. The number of hydrogen-bond acceptors (Lipinski definition) is 3. The molecule has 7 heteroatoms. The molecule has 0 spiro atoms. The molecule has 1 aromatic carbocycles. The second kappa shape index (κ2) is 3.81. The standard InChI is InChI=1S/C11H8BrF2NO3/c12-7-3-4-15(10(7)16)6-1-2-8-9(5-6)18-11(13,14)17-8/h1-2,5,7H,3-4H2. The molecule has 4 nitrogen and oxygen atoms in total. The molecule has 1 unspecified atom stereocenters. The molecule has 3 rings (SSSR count). The van der Waals surface area contributed by atoms with Gasteiger partial charge in [0.15, 0.2) is 11.5 Å². The number of hydrogen-bond donors (Lipinski definition) is 0. The average molecular weight is 320 g/mol.